The van der Waals surface area contributed by atoms with Gasteiger partial charge in [0.05, 0.1) is 13.2 Å². The molecule has 0 aromatic carbocycles. The van der Waals surface area contributed by atoms with Crippen molar-refractivity contribution in [2.45, 2.75) is 13.8 Å². The number of nitrogens with zero attached hydrogens (tertiary/aromatic N) is 2. The predicted octanol–water partition coefficient (Wildman–Crippen LogP) is 1.38. The number of fused-ring (bicyclic) bond motifs is 1. The van der Waals surface area contributed by atoms with Gasteiger partial charge in [-0.3, -0.25) is 0 Å². The van der Waals surface area contributed by atoms with Gasteiger partial charge in [0.2, 0.25) is 0 Å². The number of imidazole rings is 1. The lowest BCUT2D eigenvalue weighted by Crippen LogP contribution is -2.19. The molecule has 0 atom stereocenters. The Balaban J connectivity index is 2.97. The Morgan fingerprint density at radius 3 is 2.75 bits per heavy atom. The minimum atomic E-state index is 1.27. The second-order valence-corrected chi connectivity index (χ2v) is 3.25. The largest absolute Gasteiger partial charge is 0.289 e. The van der Waals surface area contributed by atoms with Crippen molar-refractivity contribution in [3.63, 3.8) is 0 Å². The van der Waals surface area contributed by atoms with E-state index in [-0.39, 0.29) is 0 Å². The van der Waals surface area contributed by atoms with Crippen LogP contribution in [0.4, 0.5) is 0 Å². The Morgan fingerprint density at radius 2 is 2.08 bits per heavy atom. The molecule has 2 heterocycles. The van der Waals surface area contributed by atoms with Gasteiger partial charge >= 0.3 is 0 Å². The molecule has 2 aromatic rings. The van der Waals surface area contributed by atoms with E-state index in [0.29, 0.717) is 0 Å². The van der Waals surface area contributed by atoms with E-state index in [9.17, 15) is 0 Å². The maximum Gasteiger partial charge on any atom is 0.289 e. The zero-order valence-corrected chi connectivity index (χ0v) is 7.70. The molecular weight excluding hydrogens is 148 g/mol. The Hall–Kier alpha value is -1.31. The van der Waals surface area contributed by atoms with E-state index in [2.05, 4.69) is 54.4 Å². The summed E-state index contributed by atoms with van der Waals surface area (Å²) < 4.78 is 4.36. The van der Waals surface area contributed by atoms with Crippen molar-refractivity contribution in [2.24, 2.45) is 7.05 Å². The van der Waals surface area contributed by atoms with Crippen LogP contribution in [0.15, 0.2) is 24.5 Å². The van der Waals surface area contributed by atoms with Crippen molar-refractivity contribution < 1.29 is 4.40 Å². The molecule has 12 heavy (non-hydrogen) atoms. The normalized spacial score (nSPS) is 10.9. The average molecular weight is 161 g/mol. The van der Waals surface area contributed by atoms with Gasteiger partial charge in [-0.25, -0.2) is 8.97 Å². The first-order chi connectivity index (χ1) is 5.70. The summed E-state index contributed by atoms with van der Waals surface area (Å²) in [5.41, 5.74) is 3.87. The Bertz CT molecular complexity index is 427. The standard InChI is InChI=1S/C10H13N2/c1-8-5-4-6-12-7-9(2)11(3)10(8)12/h4-7H,1-3H3/q+1. The van der Waals surface area contributed by atoms with Crippen LogP contribution in [-0.4, -0.2) is 4.57 Å². The smallest absolute Gasteiger partial charge is 0.230 e. The third-order valence-electron chi connectivity index (χ3n) is 2.36. The van der Waals surface area contributed by atoms with Gasteiger partial charge in [0.1, 0.15) is 11.9 Å². The molecule has 0 N–H and O–H groups in total. The molecule has 0 aliphatic rings. The fourth-order valence-electron chi connectivity index (χ4n) is 1.63. The molecule has 0 radical (unpaired) electrons. The summed E-state index contributed by atoms with van der Waals surface area (Å²) in [4.78, 5) is 0. The second kappa shape index (κ2) is 2.34. The van der Waals surface area contributed by atoms with Crippen molar-refractivity contribution in [1.82, 2.24) is 4.57 Å². The molecule has 0 aliphatic carbocycles. The Kier molecular flexibility index (Phi) is 1.43. The molecule has 0 bridgehead atoms. The van der Waals surface area contributed by atoms with Gasteiger partial charge in [0.25, 0.3) is 5.65 Å². The summed E-state index contributed by atoms with van der Waals surface area (Å²) in [5, 5.41) is 0. The van der Waals surface area contributed by atoms with E-state index >= 15 is 0 Å². The van der Waals surface area contributed by atoms with E-state index in [1.54, 1.807) is 0 Å². The van der Waals surface area contributed by atoms with E-state index in [4.69, 9.17) is 0 Å². The van der Waals surface area contributed by atoms with Gasteiger partial charge in [-0.05, 0) is 19.1 Å². The Labute approximate surface area is 72.1 Å². The molecule has 2 rings (SSSR count). The summed E-state index contributed by atoms with van der Waals surface area (Å²) in [6.45, 7) is 4.25. The number of aryl methyl sites for hydroxylation is 3. The van der Waals surface area contributed by atoms with Crippen molar-refractivity contribution in [1.29, 1.82) is 0 Å². The van der Waals surface area contributed by atoms with Gasteiger partial charge in [-0.1, -0.05) is 0 Å². The van der Waals surface area contributed by atoms with Gasteiger partial charge in [-0.15, -0.1) is 0 Å². The molecular formula is C10H13N2+. The van der Waals surface area contributed by atoms with Crippen molar-refractivity contribution in [3.8, 4) is 0 Å². The highest BCUT2D eigenvalue weighted by molar-refractivity contribution is 5.41. The van der Waals surface area contributed by atoms with Gasteiger partial charge in [0, 0.05) is 12.5 Å². The molecule has 2 aromatic heterocycles. The molecule has 0 unspecified atom stereocenters. The third kappa shape index (κ3) is 0.843. The topological polar surface area (TPSA) is 9.03 Å². The first kappa shape index (κ1) is 7.35. The van der Waals surface area contributed by atoms with Crippen LogP contribution < -0.4 is 4.40 Å². The lowest BCUT2D eigenvalue weighted by Gasteiger charge is -1.92. The highest BCUT2D eigenvalue weighted by atomic mass is 15.1. The molecule has 2 heteroatoms. The lowest BCUT2D eigenvalue weighted by molar-refractivity contribution is -0.511. The van der Waals surface area contributed by atoms with Crippen LogP contribution in [0.5, 0.6) is 0 Å². The summed E-state index contributed by atoms with van der Waals surface area (Å²) in [6, 6.07) is 4.20. The molecule has 0 amide bonds. The summed E-state index contributed by atoms with van der Waals surface area (Å²) in [7, 11) is 2.09. The quantitative estimate of drug-likeness (QED) is 0.516. The zero-order valence-electron chi connectivity index (χ0n) is 7.70. The average Bonchev–Trinajstić information content (AvgIpc) is 2.29. The first-order valence-electron chi connectivity index (χ1n) is 4.13. The molecule has 0 fully saturated rings. The molecule has 0 aliphatic heterocycles. The highest BCUT2D eigenvalue weighted by Gasteiger charge is 2.11. The maximum atomic E-state index is 2.20. The van der Waals surface area contributed by atoms with Crippen molar-refractivity contribution in [3.05, 3.63) is 35.8 Å². The van der Waals surface area contributed by atoms with Crippen LogP contribution in [0.3, 0.4) is 0 Å². The number of rotatable bonds is 0. The summed E-state index contributed by atoms with van der Waals surface area (Å²) in [6.07, 6.45) is 4.22. The minimum Gasteiger partial charge on any atom is -0.230 e. The van der Waals surface area contributed by atoms with Gasteiger partial charge in [0.15, 0.2) is 0 Å². The van der Waals surface area contributed by atoms with E-state index in [0.717, 1.165) is 0 Å². The first-order valence-corrected chi connectivity index (χ1v) is 4.13. The zero-order chi connectivity index (χ0) is 8.72. The number of hydrogen-bond acceptors (Lipinski definition) is 0. The van der Waals surface area contributed by atoms with Crippen LogP contribution in [0.1, 0.15) is 11.3 Å². The predicted molar refractivity (Wildman–Crippen MR) is 48.0 cm³/mol. The number of hydrogen-bond donors (Lipinski definition) is 0. The molecule has 0 saturated carbocycles. The van der Waals surface area contributed by atoms with E-state index in [1.165, 1.54) is 16.9 Å². The van der Waals surface area contributed by atoms with Crippen LogP contribution in [-0.2, 0) is 7.05 Å². The van der Waals surface area contributed by atoms with Crippen LogP contribution in [0, 0.1) is 13.8 Å². The van der Waals surface area contributed by atoms with Crippen LogP contribution in [0.25, 0.3) is 5.65 Å². The van der Waals surface area contributed by atoms with Crippen LogP contribution in [0.2, 0.25) is 0 Å². The third-order valence-corrected chi connectivity index (χ3v) is 2.36. The maximum absolute atomic E-state index is 2.20. The summed E-state index contributed by atoms with van der Waals surface area (Å²) >= 11 is 0. The fraction of sp³-hybridized carbons (Fsp3) is 0.300. The molecule has 62 valence electrons. The SMILES string of the molecule is Cc1ccc[n+]2cc(C)n(C)c12. The fourth-order valence-corrected chi connectivity index (χ4v) is 1.63. The van der Waals surface area contributed by atoms with E-state index in [1.807, 2.05) is 0 Å². The monoisotopic (exact) mass is 161 g/mol. The lowest BCUT2D eigenvalue weighted by atomic mass is 10.3. The van der Waals surface area contributed by atoms with Gasteiger partial charge in [-0.2, -0.15) is 0 Å². The second-order valence-electron chi connectivity index (χ2n) is 3.25. The van der Waals surface area contributed by atoms with E-state index < -0.39 is 0 Å². The molecule has 0 spiro atoms. The Morgan fingerprint density at radius 1 is 1.33 bits per heavy atom. The van der Waals surface area contributed by atoms with Crippen LogP contribution >= 0.6 is 0 Å². The number of aromatic nitrogens is 2. The molecule has 0 saturated heterocycles. The number of pyridine rings is 1. The van der Waals surface area contributed by atoms with Gasteiger partial charge < -0.3 is 0 Å². The van der Waals surface area contributed by atoms with Crippen molar-refractivity contribution >= 4 is 5.65 Å². The minimum absolute atomic E-state index is 1.27. The van der Waals surface area contributed by atoms with Crippen molar-refractivity contribution in [2.75, 3.05) is 0 Å². The summed E-state index contributed by atoms with van der Waals surface area (Å²) in [5.74, 6) is 0. The molecule has 2 nitrogen and oxygen atoms in total. The highest BCUT2D eigenvalue weighted by Crippen LogP contribution is 2.06.